The Kier molecular flexibility index (Phi) is 6.19. The van der Waals surface area contributed by atoms with Crippen LogP contribution in [0.25, 0.3) is 0 Å². The van der Waals surface area contributed by atoms with Gasteiger partial charge in [0.25, 0.3) is 5.91 Å². The molecular weight excluding hydrogens is 361 g/mol. The van der Waals surface area contributed by atoms with E-state index in [0.29, 0.717) is 28.8 Å². The van der Waals surface area contributed by atoms with Crippen molar-refractivity contribution in [2.45, 2.75) is 25.5 Å². The van der Waals surface area contributed by atoms with Gasteiger partial charge in [0.15, 0.2) is 0 Å². The van der Waals surface area contributed by atoms with Gasteiger partial charge in [-0.15, -0.1) is 0 Å². The zero-order chi connectivity index (χ0) is 17.6. The van der Waals surface area contributed by atoms with Gasteiger partial charge >= 0.3 is 0 Å². The van der Waals surface area contributed by atoms with E-state index in [1.807, 2.05) is 0 Å². The van der Waals surface area contributed by atoms with Gasteiger partial charge in [0.1, 0.15) is 12.4 Å². The van der Waals surface area contributed by atoms with Gasteiger partial charge in [-0.25, -0.2) is 0 Å². The van der Waals surface area contributed by atoms with Crippen LogP contribution in [0.15, 0.2) is 42.5 Å². The zero-order valence-electron chi connectivity index (χ0n) is 13.6. The first-order chi connectivity index (χ1) is 12.1. The average Bonchev–Trinajstić information content (AvgIpc) is 3.13. The highest BCUT2D eigenvalue weighted by Gasteiger charge is 2.16. The van der Waals surface area contributed by atoms with Crippen molar-refractivity contribution >= 4 is 29.1 Å². The summed E-state index contributed by atoms with van der Waals surface area (Å²) >= 11 is 12.0. The molecule has 1 saturated heterocycles. The number of ether oxygens (including phenoxy) is 2. The molecule has 0 saturated carbocycles. The van der Waals surface area contributed by atoms with Crippen LogP contribution in [-0.2, 0) is 11.3 Å². The second-order valence-corrected chi connectivity index (χ2v) is 6.73. The summed E-state index contributed by atoms with van der Waals surface area (Å²) in [6.45, 7) is 1.69. The highest BCUT2D eigenvalue weighted by Crippen LogP contribution is 2.21. The Hall–Kier alpha value is -1.75. The molecule has 132 valence electrons. The molecule has 1 aliphatic rings. The minimum absolute atomic E-state index is 0.170. The quantitative estimate of drug-likeness (QED) is 0.804. The maximum atomic E-state index is 12.2. The van der Waals surface area contributed by atoms with Gasteiger partial charge < -0.3 is 14.8 Å². The molecule has 1 fully saturated rings. The molecular formula is C19H19Cl2NO3. The molecule has 2 aromatic rings. The second-order valence-electron chi connectivity index (χ2n) is 5.89. The summed E-state index contributed by atoms with van der Waals surface area (Å²) in [4.78, 5) is 12.2. The van der Waals surface area contributed by atoms with E-state index in [1.54, 1.807) is 42.5 Å². The van der Waals surface area contributed by atoms with Crippen LogP contribution in [0.5, 0.6) is 5.75 Å². The molecule has 1 N–H and O–H groups in total. The predicted octanol–water partition coefficient (Wildman–Crippen LogP) is 4.48. The van der Waals surface area contributed by atoms with Crippen LogP contribution in [0.3, 0.4) is 0 Å². The van der Waals surface area contributed by atoms with E-state index in [1.165, 1.54) is 0 Å². The van der Waals surface area contributed by atoms with Crippen molar-refractivity contribution in [1.82, 2.24) is 5.32 Å². The van der Waals surface area contributed by atoms with Crippen molar-refractivity contribution in [2.75, 3.05) is 13.2 Å². The molecule has 0 spiro atoms. The summed E-state index contributed by atoms with van der Waals surface area (Å²) in [5.41, 5.74) is 1.38. The fourth-order valence-electron chi connectivity index (χ4n) is 2.61. The third kappa shape index (κ3) is 5.11. The number of nitrogens with one attached hydrogen (secondary N) is 1. The van der Waals surface area contributed by atoms with Gasteiger partial charge in [0, 0.05) is 28.8 Å². The molecule has 1 heterocycles. The molecule has 2 aromatic carbocycles. The van der Waals surface area contributed by atoms with Crippen molar-refractivity contribution in [3.8, 4) is 5.75 Å². The molecule has 0 unspecified atom stereocenters. The monoisotopic (exact) mass is 379 g/mol. The maximum Gasteiger partial charge on any atom is 0.251 e. The van der Waals surface area contributed by atoms with Crippen molar-refractivity contribution in [1.29, 1.82) is 0 Å². The topological polar surface area (TPSA) is 47.6 Å². The minimum atomic E-state index is -0.170. The number of hydrogen-bond donors (Lipinski definition) is 1. The lowest BCUT2D eigenvalue weighted by Crippen LogP contribution is -2.23. The Morgan fingerprint density at radius 2 is 2.00 bits per heavy atom. The summed E-state index contributed by atoms with van der Waals surface area (Å²) in [5, 5.41) is 3.95. The molecule has 1 atom stereocenters. The fraction of sp³-hybridized carbons (Fsp3) is 0.316. The number of amides is 1. The zero-order valence-corrected chi connectivity index (χ0v) is 15.1. The van der Waals surface area contributed by atoms with E-state index < -0.39 is 0 Å². The van der Waals surface area contributed by atoms with E-state index in [-0.39, 0.29) is 12.0 Å². The molecule has 4 nitrogen and oxygen atoms in total. The summed E-state index contributed by atoms with van der Waals surface area (Å²) in [6, 6.07) is 12.3. The van der Waals surface area contributed by atoms with Crippen LogP contribution >= 0.6 is 23.2 Å². The summed E-state index contributed by atoms with van der Waals surface area (Å²) < 4.78 is 11.2. The average molecular weight is 380 g/mol. The number of halogens is 2. The van der Waals surface area contributed by atoms with E-state index in [0.717, 1.165) is 30.8 Å². The standard InChI is InChI=1S/C19H19Cl2NO3/c20-15-6-3-14(18(21)10-15)11-22-19(23)13-4-7-16(8-5-13)25-12-17-2-1-9-24-17/h3-8,10,17H,1-2,9,11-12H2,(H,22,23)/t17-/m0/s1. The normalized spacial score (nSPS) is 16.6. The predicted molar refractivity (Wildman–Crippen MR) is 98.5 cm³/mol. The molecule has 0 radical (unpaired) electrons. The van der Waals surface area contributed by atoms with Crippen molar-refractivity contribution < 1.29 is 14.3 Å². The van der Waals surface area contributed by atoms with Crippen molar-refractivity contribution in [2.24, 2.45) is 0 Å². The van der Waals surface area contributed by atoms with E-state index in [2.05, 4.69) is 5.32 Å². The van der Waals surface area contributed by atoms with Gasteiger partial charge in [-0.1, -0.05) is 29.3 Å². The maximum absolute atomic E-state index is 12.2. The highest BCUT2D eigenvalue weighted by atomic mass is 35.5. The lowest BCUT2D eigenvalue weighted by atomic mass is 10.2. The van der Waals surface area contributed by atoms with Crippen LogP contribution in [0.2, 0.25) is 10.0 Å². The lowest BCUT2D eigenvalue weighted by molar-refractivity contribution is 0.0679. The fourth-order valence-corrected chi connectivity index (χ4v) is 3.09. The van der Waals surface area contributed by atoms with Crippen LogP contribution in [0, 0.1) is 0 Å². The van der Waals surface area contributed by atoms with Crippen LogP contribution in [0.1, 0.15) is 28.8 Å². The van der Waals surface area contributed by atoms with Gasteiger partial charge in [-0.05, 0) is 54.8 Å². The number of carbonyl (C=O) groups excluding carboxylic acids is 1. The van der Waals surface area contributed by atoms with Gasteiger partial charge in [0.05, 0.1) is 6.10 Å². The van der Waals surface area contributed by atoms with Crippen LogP contribution in [-0.4, -0.2) is 25.2 Å². The Balaban J connectivity index is 1.51. The van der Waals surface area contributed by atoms with Gasteiger partial charge in [-0.2, -0.15) is 0 Å². The molecule has 1 amide bonds. The first kappa shape index (κ1) is 18.1. The van der Waals surface area contributed by atoms with E-state index >= 15 is 0 Å². The van der Waals surface area contributed by atoms with E-state index in [9.17, 15) is 4.79 Å². The second kappa shape index (κ2) is 8.56. The molecule has 0 aliphatic carbocycles. The first-order valence-electron chi connectivity index (χ1n) is 8.18. The smallest absolute Gasteiger partial charge is 0.251 e. The summed E-state index contributed by atoms with van der Waals surface area (Å²) in [5.74, 6) is 0.560. The molecule has 25 heavy (non-hydrogen) atoms. The van der Waals surface area contributed by atoms with E-state index in [4.69, 9.17) is 32.7 Å². The molecule has 1 aliphatic heterocycles. The number of hydrogen-bond acceptors (Lipinski definition) is 3. The minimum Gasteiger partial charge on any atom is -0.491 e. The number of rotatable bonds is 6. The Bertz CT molecular complexity index is 728. The largest absolute Gasteiger partial charge is 0.491 e. The molecule has 6 heteroatoms. The van der Waals surface area contributed by atoms with Crippen molar-refractivity contribution in [3.63, 3.8) is 0 Å². The Morgan fingerprint density at radius 3 is 2.68 bits per heavy atom. The van der Waals surface area contributed by atoms with Crippen LogP contribution < -0.4 is 10.1 Å². The SMILES string of the molecule is O=C(NCc1ccc(Cl)cc1Cl)c1ccc(OC[C@@H]2CCCO2)cc1. The third-order valence-corrected chi connectivity index (χ3v) is 4.62. The van der Waals surface area contributed by atoms with Crippen molar-refractivity contribution in [3.05, 3.63) is 63.6 Å². The Morgan fingerprint density at radius 1 is 1.20 bits per heavy atom. The molecule has 0 aromatic heterocycles. The molecule has 3 rings (SSSR count). The third-order valence-electron chi connectivity index (χ3n) is 4.03. The van der Waals surface area contributed by atoms with Gasteiger partial charge in [0.2, 0.25) is 0 Å². The Labute approximate surface area is 157 Å². The summed E-state index contributed by atoms with van der Waals surface area (Å²) in [7, 11) is 0. The first-order valence-corrected chi connectivity index (χ1v) is 8.94. The van der Waals surface area contributed by atoms with Crippen LogP contribution in [0.4, 0.5) is 0 Å². The van der Waals surface area contributed by atoms with Gasteiger partial charge in [-0.3, -0.25) is 4.79 Å². The number of carbonyl (C=O) groups is 1. The number of benzene rings is 2. The summed E-state index contributed by atoms with van der Waals surface area (Å²) in [6.07, 6.45) is 2.30. The lowest BCUT2D eigenvalue weighted by Gasteiger charge is -2.12. The highest BCUT2D eigenvalue weighted by molar-refractivity contribution is 6.35. The molecule has 0 bridgehead atoms.